The van der Waals surface area contributed by atoms with Crippen LogP contribution in [-0.4, -0.2) is 42.8 Å². The third-order valence-corrected chi connectivity index (χ3v) is 6.15. The zero-order chi connectivity index (χ0) is 18.8. The van der Waals surface area contributed by atoms with Crippen molar-refractivity contribution < 1.29 is 32.0 Å². The number of rotatable bonds is 7. The van der Waals surface area contributed by atoms with E-state index in [-0.39, 0.29) is 35.6 Å². The molecule has 1 heterocycles. The van der Waals surface area contributed by atoms with Gasteiger partial charge in [0.25, 0.3) is 0 Å². The van der Waals surface area contributed by atoms with E-state index in [1.54, 1.807) is 6.07 Å². The Morgan fingerprint density at radius 3 is 2.68 bits per heavy atom. The van der Waals surface area contributed by atoms with Crippen molar-refractivity contribution in [1.82, 2.24) is 5.16 Å². The molecule has 0 saturated heterocycles. The van der Waals surface area contributed by atoms with Gasteiger partial charge < -0.3 is 14.4 Å². The number of aryl methyl sites for hydroxylation is 1. The van der Waals surface area contributed by atoms with Crippen LogP contribution in [0, 0.1) is 5.82 Å². The molecule has 0 unspecified atom stereocenters. The smallest absolute Gasteiger partial charge is 0.324 e. The van der Waals surface area contributed by atoms with Crippen molar-refractivity contribution >= 4 is 15.8 Å². The summed E-state index contributed by atoms with van der Waals surface area (Å²) in [6.07, 6.45) is 0.698. The molecule has 0 fully saturated rings. The number of methoxy groups -OCH3 is 1. The first-order chi connectivity index (χ1) is 11.6. The molecule has 0 saturated carbocycles. The number of carbonyl (C=O) groups is 1. The first kappa shape index (κ1) is 18.9. The number of carboxylic acid groups (broad SMARTS) is 1. The number of carboxylic acids is 1. The van der Waals surface area contributed by atoms with E-state index in [9.17, 15) is 22.7 Å². The zero-order valence-electron chi connectivity index (χ0n) is 13.9. The molecule has 7 nitrogen and oxygen atoms in total. The number of sulfone groups is 1. The molecular formula is C16H18FNO6S. The molecule has 1 N–H and O–H groups in total. The van der Waals surface area contributed by atoms with Gasteiger partial charge in [0.15, 0.2) is 26.2 Å². The lowest BCUT2D eigenvalue weighted by atomic mass is 10.0. The Hall–Kier alpha value is -2.42. The second-order valence-electron chi connectivity index (χ2n) is 5.81. The van der Waals surface area contributed by atoms with Gasteiger partial charge in [0, 0.05) is 24.3 Å². The topological polar surface area (TPSA) is 107 Å². The van der Waals surface area contributed by atoms with Gasteiger partial charge in [-0.1, -0.05) is 11.2 Å². The van der Waals surface area contributed by atoms with Crippen molar-refractivity contribution in [2.75, 3.05) is 13.4 Å². The molecule has 1 aromatic heterocycles. The van der Waals surface area contributed by atoms with Crippen molar-refractivity contribution in [3.8, 4) is 17.0 Å². The lowest BCUT2D eigenvalue weighted by Crippen LogP contribution is -2.43. The summed E-state index contributed by atoms with van der Waals surface area (Å²) in [5.41, 5.74) is 0.376. The average molecular weight is 371 g/mol. The fraction of sp³-hybridized carbons (Fsp3) is 0.375. The number of hydrogen-bond donors (Lipinski definition) is 1. The van der Waals surface area contributed by atoms with Crippen molar-refractivity contribution in [2.24, 2.45) is 0 Å². The molecule has 0 amide bonds. The highest BCUT2D eigenvalue weighted by Gasteiger charge is 2.43. The maximum Gasteiger partial charge on any atom is 0.324 e. The Morgan fingerprint density at radius 2 is 2.12 bits per heavy atom. The highest BCUT2D eigenvalue weighted by molar-refractivity contribution is 7.92. The number of aromatic nitrogens is 1. The van der Waals surface area contributed by atoms with Crippen LogP contribution in [-0.2, 0) is 21.1 Å². The quantitative estimate of drug-likeness (QED) is 0.796. The maximum absolute atomic E-state index is 14.2. The predicted molar refractivity (Wildman–Crippen MR) is 87.7 cm³/mol. The van der Waals surface area contributed by atoms with Crippen molar-refractivity contribution in [2.45, 2.75) is 24.5 Å². The van der Waals surface area contributed by atoms with Crippen LogP contribution < -0.4 is 4.74 Å². The summed E-state index contributed by atoms with van der Waals surface area (Å²) in [6, 6.07) is 6.00. The maximum atomic E-state index is 14.2. The van der Waals surface area contributed by atoms with E-state index in [4.69, 9.17) is 9.26 Å². The Labute approximate surface area is 144 Å². The molecule has 0 spiro atoms. The molecule has 1 atom stereocenters. The number of halogens is 1. The molecule has 0 bridgehead atoms. The molecule has 136 valence electrons. The molecule has 2 aromatic rings. The largest absolute Gasteiger partial charge is 0.494 e. The van der Waals surface area contributed by atoms with Gasteiger partial charge in [-0.3, -0.25) is 4.79 Å². The fourth-order valence-electron chi connectivity index (χ4n) is 2.24. The standard InChI is InChI=1S/C16H18FNO6S/c1-16(15(19)20,25(3,21)22)8-7-10-9-12(18-24-10)11-5-4-6-13(23-2)14(11)17/h4-6,9H,7-8H2,1-3H3,(H,19,20)/t16-/m1/s1. The number of hydrogen-bond acceptors (Lipinski definition) is 6. The first-order valence-electron chi connectivity index (χ1n) is 7.31. The summed E-state index contributed by atoms with van der Waals surface area (Å²) in [6.45, 7) is 1.14. The van der Waals surface area contributed by atoms with E-state index >= 15 is 0 Å². The third-order valence-electron chi connectivity index (χ3n) is 4.14. The number of nitrogens with zero attached hydrogens (tertiary/aromatic N) is 1. The number of ether oxygens (including phenoxy) is 1. The summed E-state index contributed by atoms with van der Waals surface area (Å²) < 4.78 is 45.8. The second kappa shape index (κ2) is 6.83. The van der Waals surface area contributed by atoms with E-state index in [0.717, 1.165) is 13.2 Å². The van der Waals surface area contributed by atoms with E-state index in [1.807, 2.05) is 0 Å². The highest BCUT2D eigenvalue weighted by atomic mass is 32.2. The Morgan fingerprint density at radius 1 is 1.44 bits per heavy atom. The summed E-state index contributed by atoms with van der Waals surface area (Å²) in [4.78, 5) is 11.3. The van der Waals surface area contributed by atoms with Gasteiger partial charge in [0.1, 0.15) is 11.5 Å². The SMILES string of the molecule is COc1cccc(-c2cc(CC[C@](C)(C(=O)O)S(C)(=O)=O)on2)c1F. The minimum Gasteiger partial charge on any atom is -0.494 e. The summed E-state index contributed by atoms with van der Waals surface area (Å²) in [5, 5.41) is 13.0. The summed E-state index contributed by atoms with van der Waals surface area (Å²) >= 11 is 0. The van der Waals surface area contributed by atoms with Crippen LogP contribution in [0.2, 0.25) is 0 Å². The van der Waals surface area contributed by atoms with Crippen LogP contribution in [0.5, 0.6) is 5.75 Å². The Balaban J connectivity index is 2.24. The van der Waals surface area contributed by atoms with E-state index in [2.05, 4.69) is 5.16 Å². The van der Waals surface area contributed by atoms with Crippen molar-refractivity contribution in [3.05, 3.63) is 35.8 Å². The lowest BCUT2D eigenvalue weighted by molar-refractivity contribution is -0.139. The summed E-state index contributed by atoms with van der Waals surface area (Å²) in [7, 11) is -2.49. The van der Waals surface area contributed by atoms with Crippen LogP contribution >= 0.6 is 0 Å². The third kappa shape index (κ3) is 3.65. The molecule has 0 aliphatic heterocycles. The minimum atomic E-state index is -3.83. The van der Waals surface area contributed by atoms with Gasteiger partial charge in [-0.05, 0) is 25.5 Å². The monoisotopic (exact) mass is 371 g/mol. The van der Waals surface area contributed by atoms with Crippen molar-refractivity contribution in [1.29, 1.82) is 0 Å². The van der Waals surface area contributed by atoms with Gasteiger partial charge in [0.2, 0.25) is 0 Å². The number of benzene rings is 1. The van der Waals surface area contributed by atoms with Gasteiger partial charge >= 0.3 is 5.97 Å². The normalized spacial score (nSPS) is 14.1. The van der Waals surface area contributed by atoms with Crippen LogP contribution in [0.3, 0.4) is 0 Å². The Kier molecular flexibility index (Phi) is 5.17. The molecule has 2 rings (SSSR count). The van der Waals surface area contributed by atoms with E-state index in [0.29, 0.717) is 0 Å². The minimum absolute atomic E-state index is 0.0223. The Bertz CT molecular complexity index is 892. The predicted octanol–water partition coefficient (Wildman–Crippen LogP) is 2.31. The highest BCUT2D eigenvalue weighted by Crippen LogP contribution is 2.30. The zero-order valence-corrected chi connectivity index (χ0v) is 14.8. The number of aliphatic carboxylic acids is 1. The first-order valence-corrected chi connectivity index (χ1v) is 9.20. The molecule has 0 aliphatic carbocycles. The van der Waals surface area contributed by atoms with Crippen LogP contribution in [0.1, 0.15) is 19.1 Å². The molecule has 1 aromatic carbocycles. The van der Waals surface area contributed by atoms with Crippen molar-refractivity contribution in [3.63, 3.8) is 0 Å². The second-order valence-corrected chi connectivity index (χ2v) is 8.25. The molecule has 25 heavy (non-hydrogen) atoms. The van der Waals surface area contributed by atoms with Gasteiger partial charge in [-0.15, -0.1) is 0 Å². The lowest BCUT2D eigenvalue weighted by Gasteiger charge is -2.21. The van der Waals surface area contributed by atoms with E-state index < -0.39 is 26.4 Å². The van der Waals surface area contributed by atoms with Gasteiger partial charge in [0.05, 0.1) is 7.11 Å². The average Bonchev–Trinajstić information content (AvgIpc) is 3.00. The molecule has 0 radical (unpaired) electrons. The fourth-order valence-corrected chi connectivity index (χ4v) is 3.03. The molecule has 9 heteroatoms. The van der Waals surface area contributed by atoms with Crippen LogP contribution in [0.25, 0.3) is 11.3 Å². The summed E-state index contributed by atoms with van der Waals surface area (Å²) in [5.74, 6) is -1.73. The van der Waals surface area contributed by atoms with Gasteiger partial charge in [-0.2, -0.15) is 0 Å². The van der Waals surface area contributed by atoms with Crippen LogP contribution in [0.4, 0.5) is 4.39 Å². The van der Waals surface area contributed by atoms with Gasteiger partial charge in [-0.25, -0.2) is 12.8 Å². The van der Waals surface area contributed by atoms with Crippen LogP contribution in [0.15, 0.2) is 28.8 Å². The molecule has 0 aliphatic rings. The molecular weight excluding hydrogens is 353 g/mol. The van der Waals surface area contributed by atoms with E-state index in [1.165, 1.54) is 25.3 Å².